The van der Waals surface area contributed by atoms with Gasteiger partial charge in [0, 0.05) is 31.7 Å². The van der Waals surface area contributed by atoms with Crippen LogP contribution in [0.3, 0.4) is 0 Å². The molecule has 1 N–H and O–H groups in total. The Morgan fingerprint density at radius 1 is 1.19 bits per heavy atom. The van der Waals surface area contributed by atoms with Crippen molar-refractivity contribution >= 4 is 11.2 Å². The van der Waals surface area contributed by atoms with Crippen molar-refractivity contribution in [3.63, 3.8) is 0 Å². The highest BCUT2D eigenvalue weighted by Gasteiger charge is 2.19. The fourth-order valence-electron chi connectivity index (χ4n) is 3.17. The standard InChI is InChI=1S/C21H27N3O2/c1-14(12-25)15-7-6-8-16(11-15)17-9-10-18-19(22-17)23(5)20(26)24(18)13-21(2,3)4/h6-11,14,25H,12-13H2,1-5H3. The summed E-state index contributed by atoms with van der Waals surface area (Å²) in [6.07, 6.45) is 0. The van der Waals surface area contributed by atoms with E-state index in [0.717, 1.165) is 22.3 Å². The van der Waals surface area contributed by atoms with Crippen molar-refractivity contribution in [3.05, 3.63) is 52.4 Å². The number of benzene rings is 1. The Morgan fingerprint density at radius 2 is 1.92 bits per heavy atom. The van der Waals surface area contributed by atoms with Crippen molar-refractivity contribution in [1.29, 1.82) is 0 Å². The smallest absolute Gasteiger partial charge is 0.330 e. The molecular weight excluding hydrogens is 326 g/mol. The number of pyridine rings is 1. The van der Waals surface area contributed by atoms with Crippen molar-refractivity contribution < 1.29 is 5.11 Å². The number of aryl methyl sites for hydroxylation is 1. The van der Waals surface area contributed by atoms with Gasteiger partial charge in [-0.25, -0.2) is 9.78 Å². The lowest BCUT2D eigenvalue weighted by Crippen LogP contribution is -2.27. The molecule has 0 fully saturated rings. The monoisotopic (exact) mass is 353 g/mol. The third-order valence-electron chi connectivity index (χ3n) is 4.64. The number of aliphatic hydroxyl groups is 1. The van der Waals surface area contributed by atoms with Gasteiger partial charge in [0.2, 0.25) is 0 Å². The average Bonchev–Trinajstić information content (AvgIpc) is 2.84. The second-order valence-corrected chi connectivity index (χ2v) is 8.24. The summed E-state index contributed by atoms with van der Waals surface area (Å²) >= 11 is 0. The van der Waals surface area contributed by atoms with Crippen LogP contribution in [0, 0.1) is 5.41 Å². The van der Waals surface area contributed by atoms with Crippen molar-refractivity contribution in [2.45, 2.75) is 40.2 Å². The molecule has 0 saturated heterocycles. The van der Waals surface area contributed by atoms with Gasteiger partial charge in [0.1, 0.15) is 0 Å². The molecule has 1 aromatic carbocycles. The highest BCUT2D eigenvalue weighted by atomic mass is 16.3. The van der Waals surface area contributed by atoms with Crippen molar-refractivity contribution in [3.8, 4) is 11.3 Å². The van der Waals surface area contributed by atoms with Gasteiger partial charge in [-0.3, -0.25) is 9.13 Å². The van der Waals surface area contributed by atoms with Crippen molar-refractivity contribution in [2.24, 2.45) is 12.5 Å². The van der Waals surface area contributed by atoms with Gasteiger partial charge in [0.05, 0.1) is 11.2 Å². The van der Waals surface area contributed by atoms with Gasteiger partial charge in [-0.1, -0.05) is 45.9 Å². The zero-order chi connectivity index (χ0) is 19.1. The highest BCUT2D eigenvalue weighted by molar-refractivity contribution is 5.76. The Labute approximate surface area is 153 Å². The molecule has 1 unspecified atom stereocenters. The van der Waals surface area contributed by atoms with Crippen LogP contribution in [0.1, 0.15) is 39.2 Å². The van der Waals surface area contributed by atoms with Crippen LogP contribution in [0.4, 0.5) is 0 Å². The van der Waals surface area contributed by atoms with E-state index in [1.165, 1.54) is 0 Å². The quantitative estimate of drug-likeness (QED) is 0.780. The summed E-state index contributed by atoms with van der Waals surface area (Å²) in [6, 6.07) is 12.0. The van der Waals surface area contributed by atoms with Gasteiger partial charge >= 0.3 is 5.69 Å². The van der Waals surface area contributed by atoms with E-state index in [0.29, 0.717) is 12.2 Å². The van der Waals surface area contributed by atoms with E-state index < -0.39 is 0 Å². The summed E-state index contributed by atoms with van der Waals surface area (Å²) in [7, 11) is 1.77. The minimum Gasteiger partial charge on any atom is -0.396 e. The van der Waals surface area contributed by atoms with Gasteiger partial charge < -0.3 is 5.11 Å². The normalized spacial score (nSPS) is 13.3. The first-order chi connectivity index (χ1) is 12.2. The Morgan fingerprint density at radius 3 is 2.58 bits per heavy atom. The van der Waals surface area contributed by atoms with E-state index in [1.54, 1.807) is 16.2 Å². The molecule has 0 aliphatic rings. The fourth-order valence-corrected chi connectivity index (χ4v) is 3.17. The van der Waals surface area contributed by atoms with Gasteiger partial charge in [-0.05, 0) is 29.2 Å². The van der Waals surface area contributed by atoms with Crippen LogP contribution in [0.2, 0.25) is 0 Å². The van der Waals surface area contributed by atoms with E-state index in [4.69, 9.17) is 4.98 Å². The second-order valence-electron chi connectivity index (χ2n) is 8.24. The molecule has 5 nitrogen and oxygen atoms in total. The van der Waals surface area contributed by atoms with Crippen molar-refractivity contribution in [1.82, 2.24) is 14.1 Å². The fraction of sp³-hybridized carbons (Fsp3) is 0.429. The number of aliphatic hydroxyl groups excluding tert-OH is 1. The highest BCUT2D eigenvalue weighted by Crippen LogP contribution is 2.25. The van der Waals surface area contributed by atoms with Crippen LogP contribution in [0.25, 0.3) is 22.4 Å². The number of hydrogen-bond donors (Lipinski definition) is 1. The predicted molar refractivity (Wildman–Crippen MR) is 105 cm³/mol. The molecule has 0 spiro atoms. The molecule has 1 atom stereocenters. The van der Waals surface area contributed by atoms with Gasteiger partial charge in [-0.2, -0.15) is 0 Å². The second kappa shape index (κ2) is 6.72. The number of rotatable bonds is 4. The maximum absolute atomic E-state index is 12.7. The first-order valence-electron chi connectivity index (χ1n) is 8.99. The lowest BCUT2D eigenvalue weighted by atomic mass is 9.97. The molecule has 2 heterocycles. The Hall–Kier alpha value is -2.40. The molecule has 5 heteroatoms. The first kappa shape index (κ1) is 18.4. The molecule has 138 valence electrons. The van der Waals surface area contributed by atoms with E-state index in [2.05, 4.69) is 26.8 Å². The first-order valence-corrected chi connectivity index (χ1v) is 8.99. The third kappa shape index (κ3) is 3.44. The Balaban J connectivity index is 2.11. The summed E-state index contributed by atoms with van der Waals surface area (Å²) in [5, 5.41) is 9.40. The molecule has 26 heavy (non-hydrogen) atoms. The molecule has 0 bridgehead atoms. The van der Waals surface area contributed by atoms with Gasteiger partial charge in [0.15, 0.2) is 5.65 Å². The summed E-state index contributed by atoms with van der Waals surface area (Å²) in [5.41, 5.74) is 4.40. The van der Waals surface area contributed by atoms with Crippen LogP contribution < -0.4 is 5.69 Å². The molecule has 0 radical (unpaired) electrons. The van der Waals surface area contributed by atoms with E-state index in [9.17, 15) is 9.90 Å². The van der Waals surface area contributed by atoms with Crippen LogP contribution in [-0.2, 0) is 13.6 Å². The van der Waals surface area contributed by atoms with Gasteiger partial charge in [-0.15, -0.1) is 0 Å². The van der Waals surface area contributed by atoms with Gasteiger partial charge in [0.25, 0.3) is 0 Å². The maximum atomic E-state index is 12.7. The SMILES string of the molecule is CC(CO)c1cccc(-c2ccc3c(n2)n(C)c(=O)n3CC(C)(C)C)c1. The number of nitrogens with zero attached hydrogens (tertiary/aromatic N) is 3. The topological polar surface area (TPSA) is 60.1 Å². The Bertz CT molecular complexity index is 993. The summed E-state index contributed by atoms with van der Waals surface area (Å²) in [6.45, 7) is 9.11. The molecule has 0 aliphatic heterocycles. The number of aromatic nitrogens is 3. The van der Waals surface area contributed by atoms with E-state index in [-0.39, 0.29) is 23.6 Å². The minimum absolute atomic E-state index is 0.00550. The molecule has 0 aliphatic carbocycles. The molecule has 0 saturated carbocycles. The molecular formula is C21H27N3O2. The van der Waals surface area contributed by atoms with E-state index in [1.807, 2.05) is 37.3 Å². The van der Waals surface area contributed by atoms with E-state index >= 15 is 0 Å². The zero-order valence-electron chi connectivity index (χ0n) is 16.2. The largest absolute Gasteiger partial charge is 0.396 e. The number of fused-ring (bicyclic) bond motifs is 1. The number of hydrogen-bond acceptors (Lipinski definition) is 3. The molecule has 2 aromatic heterocycles. The lowest BCUT2D eigenvalue weighted by molar-refractivity contribution is 0.273. The minimum atomic E-state index is -0.0396. The number of imidazole rings is 1. The summed E-state index contributed by atoms with van der Waals surface area (Å²) in [5.74, 6) is 0.0795. The summed E-state index contributed by atoms with van der Waals surface area (Å²) < 4.78 is 3.42. The Kier molecular flexibility index (Phi) is 4.76. The van der Waals surface area contributed by atoms with Crippen LogP contribution >= 0.6 is 0 Å². The molecule has 3 aromatic rings. The van der Waals surface area contributed by atoms with Crippen LogP contribution in [0.5, 0.6) is 0 Å². The summed E-state index contributed by atoms with van der Waals surface area (Å²) in [4.78, 5) is 17.4. The zero-order valence-corrected chi connectivity index (χ0v) is 16.2. The van der Waals surface area contributed by atoms with Crippen LogP contribution in [-0.4, -0.2) is 25.8 Å². The molecule has 0 amide bonds. The predicted octanol–water partition coefficient (Wildman–Crippen LogP) is 3.54. The molecule has 3 rings (SSSR count). The average molecular weight is 353 g/mol. The van der Waals surface area contributed by atoms with Crippen LogP contribution in [0.15, 0.2) is 41.2 Å². The lowest BCUT2D eigenvalue weighted by Gasteiger charge is -2.18. The van der Waals surface area contributed by atoms with Crippen molar-refractivity contribution in [2.75, 3.05) is 6.61 Å². The maximum Gasteiger partial charge on any atom is 0.330 e. The third-order valence-corrected chi connectivity index (χ3v) is 4.64.